The molecule has 0 aromatic heterocycles. The number of rotatable bonds is 3. The van der Waals surface area contributed by atoms with Gasteiger partial charge in [0.05, 0.1) is 5.92 Å². The Morgan fingerprint density at radius 1 is 1.24 bits per heavy atom. The quantitative estimate of drug-likeness (QED) is 0.839. The van der Waals surface area contributed by atoms with Crippen molar-refractivity contribution < 1.29 is 19.4 Å². The van der Waals surface area contributed by atoms with Crippen LogP contribution in [0, 0.1) is 17.3 Å². The van der Waals surface area contributed by atoms with Crippen molar-refractivity contribution in [1.29, 1.82) is 0 Å². The molecular formula is C16H27NO4. The third-order valence-electron chi connectivity index (χ3n) is 4.77. The van der Waals surface area contributed by atoms with Crippen LogP contribution in [0.2, 0.25) is 0 Å². The van der Waals surface area contributed by atoms with E-state index in [1.54, 1.807) is 0 Å². The van der Waals surface area contributed by atoms with Crippen molar-refractivity contribution >= 4 is 12.1 Å². The second kappa shape index (κ2) is 5.85. The van der Waals surface area contributed by atoms with E-state index in [4.69, 9.17) is 9.84 Å². The van der Waals surface area contributed by atoms with Crippen molar-refractivity contribution in [3.63, 3.8) is 0 Å². The van der Waals surface area contributed by atoms with Crippen molar-refractivity contribution in [3.05, 3.63) is 0 Å². The van der Waals surface area contributed by atoms with Gasteiger partial charge in [-0.3, -0.25) is 4.79 Å². The Morgan fingerprint density at radius 3 is 2.29 bits per heavy atom. The predicted octanol–water partition coefficient (Wildman–Crippen LogP) is 3.18. The molecule has 0 atom stereocenters. The molecule has 5 heteroatoms. The van der Waals surface area contributed by atoms with Gasteiger partial charge in [0.15, 0.2) is 0 Å². The van der Waals surface area contributed by atoms with Crippen LogP contribution in [0.25, 0.3) is 0 Å². The van der Waals surface area contributed by atoms with Gasteiger partial charge >= 0.3 is 12.1 Å². The van der Waals surface area contributed by atoms with Gasteiger partial charge in [-0.1, -0.05) is 0 Å². The fourth-order valence-corrected chi connectivity index (χ4v) is 3.74. The van der Waals surface area contributed by atoms with Crippen LogP contribution in [-0.4, -0.2) is 29.3 Å². The molecule has 0 bridgehead atoms. The standard InChI is InChI=1S/C16H27NO4/c1-15(2,3)21-14(20)17-10-11-8-16(9-11)6-4-12(5-7-16)13(18)19/h11-12H,4-10H2,1-3H3,(H,17,20)(H,18,19). The van der Waals surface area contributed by atoms with Crippen LogP contribution >= 0.6 is 0 Å². The van der Waals surface area contributed by atoms with E-state index in [1.165, 1.54) is 0 Å². The molecule has 5 nitrogen and oxygen atoms in total. The average Bonchev–Trinajstić information content (AvgIpc) is 2.32. The minimum atomic E-state index is -0.646. The van der Waals surface area contributed by atoms with E-state index in [-0.39, 0.29) is 12.0 Å². The summed E-state index contributed by atoms with van der Waals surface area (Å²) in [5, 5.41) is 11.9. The second-order valence-corrected chi connectivity index (χ2v) is 7.77. The van der Waals surface area contributed by atoms with Gasteiger partial charge in [-0.05, 0) is 70.6 Å². The zero-order chi connectivity index (χ0) is 15.7. The Hall–Kier alpha value is -1.26. The molecule has 2 aliphatic carbocycles. The third-order valence-corrected chi connectivity index (χ3v) is 4.77. The van der Waals surface area contributed by atoms with E-state index < -0.39 is 11.6 Å². The van der Waals surface area contributed by atoms with E-state index >= 15 is 0 Å². The molecule has 0 heterocycles. The lowest BCUT2D eigenvalue weighted by Crippen LogP contribution is -2.46. The van der Waals surface area contributed by atoms with Gasteiger partial charge in [0.1, 0.15) is 5.60 Å². The molecule has 0 aliphatic heterocycles. The first-order valence-electron chi connectivity index (χ1n) is 7.89. The lowest BCUT2D eigenvalue weighted by atomic mass is 9.54. The Balaban J connectivity index is 1.66. The summed E-state index contributed by atoms with van der Waals surface area (Å²) in [7, 11) is 0. The molecule has 0 saturated heterocycles. The number of amides is 1. The highest BCUT2D eigenvalue weighted by atomic mass is 16.6. The van der Waals surface area contributed by atoms with Crippen LogP contribution in [-0.2, 0) is 9.53 Å². The number of ether oxygens (including phenoxy) is 1. The van der Waals surface area contributed by atoms with E-state index in [0.717, 1.165) is 38.5 Å². The van der Waals surface area contributed by atoms with E-state index in [9.17, 15) is 9.59 Å². The van der Waals surface area contributed by atoms with Gasteiger partial charge in [0.25, 0.3) is 0 Å². The molecule has 2 aliphatic rings. The zero-order valence-corrected chi connectivity index (χ0v) is 13.3. The van der Waals surface area contributed by atoms with Crippen LogP contribution in [0.4, 0.5) is 4.79 Å². The maximum Gasteiger partial charge on any atom is 0.407 e. The molecule has 0 radical (unpaired) electrons. The Kier molecular flexibility index (Phi) is 4.49. The molecular weight excluding hydrogens is 270 g/mol. The summed E-state index contributed by atoms with van der Waals surface area (Å²) in [5.74, 6) is -0.277. The Morgan fingerprint density at radius 2 is 1.81 bits per heavy atom. The number of alkyl carbamates (subject to hydrolysis) is 1. The summed E-state index contributed by atoms with van der Waals surface area (Å²) in [6, 6.07) is 0. The summed E-state index contributed by atoms with van der Waals surface area (Å²) in [6.07, 6.45) is 5.52. The number of carbonyl (C=O) groups excluding carboxylic acids is 1. The molecule has 2 saturated carbocycles. The largest absolute Gasteiger partial charge is 0.481 e. The monoisotopic (exact) mass is 297 g/mol. The van der Waals surface area contributed by atoms with Gasteiger partial charge in [-0.2, -0.15) is 0 Å². The smallest absolute Gasteiger partial charge is 0.407 e. The van der Waals surface area contributed by atoms with Crippen molar-refractivity contribution in [2.75, 3.05) is 6.54 Å². The molecule has 0 unspecified atom stereocenters. The average molecular weight is 297 g/mol. The van der Waals surface area contributed by atoms with Crippen LogP contribution in [0.3, 0.4) is 0 Å². The van der Waals surface area contributed by atoms with Gasteiger partial charge in [0.2, 0.25) is 0 Å². The maximum atomic E-state index is 11.6. The molecule has 1 spiro atoms. The molecule has 120 valence electrons. The molecule has 2 fully saturated rings. The molecule has 1 amide bonds. The maximum absolute atomic E-state index is 11.6. The normalized spacial score (nSPS) is 32.3. The number of carbonyl (C=O) groups is 2. The van der Waals surface area contributed by atoms with E-state index in [2.05, 4.69) is 5.32 Å². The minimum absolute atomic E-state index is 0.144. The summed E-state index contributed by atoms with van der Waals surface area (Å²) in [4.78, 5) is 22.6. The van der Waals surface area contributed by atoms with E-state index in [0.29, 0.717) is 17.9 Å². The molecule has 0 aromatic rings. The van der Waals surface area contributed by atoms with Gasteiger partial charge in [0, 0.05) is 6.54 Å². The van der Waals surface area contributed by atoms with Gasteiger partial charge in [-0.25, -0.2) is 4.79 Å². The minimum Gasteiger partial charge on any atom is -0.481 e. The number of hydrogen-bond donors (Lipinski definition) is 2. The fourth-order valence-electron chi connectivity index (χ4n) is 3.74. The highest BCUT2D eigenvalue weighted by Gasteiger charge is 2.46. The molecule has 2 N–H and O–H groups in total. The third kappa shape index (κ3) is 4.35. The molecule has 21 heavy (non-hydrogen) atoms. The summed E-state index contributed by atoms with van der Waals surface area (Å²) >= 11 is 0. The van der Waals surface area contributed by atoms with Crippen LogP contribution in [0.15, 0.2) is 0 Å². The van der Waals surface area contributed by atoms with Gasteiger partial charge < -0.3 is 15.2 Å². The second-order valence-electron chi connectivity index (χ2n) is 7.77. The zero-order valence-electron chi connectivity index (χ0n) is 13.3. The first-order chi connectivity index (χ1) is 9.69. The highest BCUT2D eigenvalue weighted by molar-refractivity contribution is 5.70. The van der Waals surface area contributed by atoms with Crippen molar-refractivity contribution in [2.45, 2.75) is 64.9 Å². The highest BCUT2D eigenvalue weighted by Crippen LogP contribution is 2.55. The number of carboxylic acid groups (broad SMARTS) is 1. The fraction of sp³-hybridized carbons (Fsp3) is 0.875. The lowest BCUT2D eigenvalue weighted by molar-refractivity contribution is -0.144. The molecule has 2 rings (SSSR count). The SMILES string of the molecule is CC(C)(C)OC(=O)NCC1CC2(CCC(C(=O)O)CC2)C1. The van der Waals surface area contributed by atoms with Crippen molar-refractivity contribution in [2.24, 2.45) is 17.3 Å². The van der Waals surface area contributed by atoms with Crippen molar-refractivity contribution in [1.82, 2.24) is 5.32 Å². The first-order valence-corrected chi connectivity index (χ1v) is 7.89. The number of aliphatic carboxylic acids is 1. The van der Waals surface area contributed by atoms with Crippen LogP contribution < -0.4 is 5.32 Å². The van der Waals surface area contributed by atoms with Gasteiger partial charge in [-0.15, -0.1) is 0 Å². The van der Waals surface area contributed by atoms with Crippen molar-refractivity contribution in [3.8, 4) is 0 Å². The van der Waals surface area contributed by atoms with Crippen LogP contribution in [0.1, 0.15) is 59.3 Å². The van der Waals surface area contributed by atoms with E-state index in [1.807, 2.05) is 20.8 Å². The predicted molar refractivity (Wildman–Crippen MR) is 79.0 cm³/mol. The molecule has 0 aromatic carbocycles. The first kappa shape index (κ1) is 16.1. The topological polar surface area (TPSA) is 75.6 Å². The lowest BCUT2D eigenvalue weighted by Gasteiger charge is -2.51. The number of hydrogen-bond acceptors (Lipinski definition) is 3. The van der Waals surface area contributed by atoms with Crippen LogP contribution in [0.5, 0.6) is 0 Å². The summed E-state index contributed by atoms with van der Waals surface area (Å²) in [5.41, 5.74) is -0.105. The Labute approximate surface area is 126 Å². The summed E-state index contributed by atoms with van der Waals surface area (Å²) in [6.45, 7) is 6.22. The summed E-state index contributed by atoms with van der Waals surface area (Å²) < 4.78 is 5.22. The number of nitrogens with one attached hydrogen (secondary N) is 1. The Bertz CT molecular complexity index is 397. The number of carboxylic acids is 1.